The summed E-state index contributed by atoms with van der Waals surface area (Å²) < 4.78 is 61.8. The summed E-state index contributed by atoms with van der Waals surface area (Å²) in [5.41, 5.74) is -1.62. The summed E-state index contributed by atoms with van der Waals surface area (Å²) in [6.07, 6.45) is -3.26. The highest BCUT2D eigenvalue weighted by Crippen LogP contribution is 2.37. The number of nitrogens with one attached hydrogen (secondary N) is 1. The van der Waals surface area contributed by atoms with Crippen molar-refractivity contribution in [2.45, 2.75) is 56.2 Å². The van der Waals surface area contributed by atoms with Gasteiger partial charge >= 0.3 is 18.0 Å². The Balaban J connectivity index is 2.87. The molecule has 1 saturated carbocycles. The summed E-state index contributed by atoms with van der Waals surface area (Å²) in [5, 5.41) is 10.6. The van der Waals surface area contributed by atoms with Gasteiger partial charge in [0.25, 0.3) is 0 Å². The number of halogens is 5. The SMILES string of the molecule is N#CC1(NC(=O)C(F)(F)C(F)(F)F)CCCCCC1. The van der Waals surface area contributed by atoms with Gasteiger partial charge in [0, 0.05) is 0 Å². The molecule has 3 nitrogen and oxygen atoms in total. The molecule has 1 fully saturated rings. The normalized spacial score (nSPS) is 20.2. The Morgan fingerprint density at radius 1 is 1.05 bits per heavy atom. The van der Waals surface area contributed by atoms with Crippen molar-refractivity contribution >= 4 is 5.91 Å². The van der Waals surface area contributed by atoms with Gasteiger partial charge in [0.1, 0.15) is 5.54 Å². The summed E-state index contributed by atoms with van der Waals surface area (Å²) in [7, 11) is 0. The first kappa shape index (κ1) is 15.7. The van der Waals surface area contributed by atoms with Gasteiger partial charge in [-0.25, -0.2) is 0 Å². The zero-order valence-corrected chi connectivity index (χ0v) is 9.99. The van der Waals surface area contributed by atoms with Crippen molar-refractivity contribution in [1.29, 1.82) is 5.26 Å². The Labute approximate surface area is 106 Å². The molecule has 1 amide bonds. The van der Waals surface area contributed by atoms with E-state index in [1.165, 1.54) is 0 Å². The number of nitriles is 1. The molecular weight excluding hydrogens is 271 g/mol. The maximum atomic E-state index is 12.8. The van der Waals surface area contributed by atoms with Crippen molar-refractivity contribution in [3.63, 3.8) is 0 Å². The molecule has 1 N–H and O–H groups in total. The molecule has 19 heavy (non-hydrogen) atoms. The Bertz CT molecular complexity index is 378. The first-order valence-electron chi connectivity index (χ1n) is 5.83. The number of hydrogen-bond acceptors (Lipinski definition) is 2. The molecule has 0 spiro atoms. The van der Waals surface area contributed by atoms with Crippen LogP contribution in [0.4, 0.5) is 22.0 Å². The van der Waals surface area contributed by atoms with Gasteiger partial charge < -0.3 is 5.32 Å². The van der Waals surface area contributed by atoms with Crippen molar-refractivity contribution in [2.75, 3.05) is 0 Å². The van der Waals surface area contributed by atoms with E-state index >= 15 is 0 Å². The van der Waals surface area contributed by atoms with Crippen molar-refractivity contribution in [3.8, 4) is 6.07 Å². The molecule has 0 aromatic carbocycles. The van der Waals surface area contributed by atoms with Crippen LogP contribution in [-0.2, 0) is 4.79 Å². The van der Waals surface area contributed by atoms with Crippen LogP contribution in [0.2, 0.25) is 0 Å². The highest BCUT2D eigenvalue weighted by atomic mass is 19.4. The van der Waals surface area contributed by atoms with Crippen LogP contribution in [0.25, 0.3) is 0 Å². The smallest absolute Gasteiger partial charge is 0.332 e. The van der Waals surface area contributed by atoms with Gasteiger partial charge in [-0.2, -0.15) is 27.2 Å². The number of nitrogens with zero attached hydrogens (tertiary/aromatic N) is 1. The standard InChI is InChI=1S/C11H13F5N2O/c12-10(13,11(14,15)16)8(19)18-9(7-17)5-3-1-2-4-6-9/h1-6H2,(H,18,19). The number of carbonyl (C=O) groups is 1. The van der Waals surface area contributed by atoms with Crippen LogP contribution in [0.15, 0.2) is 0 Å². The first-order chi connectivity index (χ1) is 8.65. The number of alkyl halides is 5. The summed E-state index contributed by atoms with van der Waals surface area (Å²) in [6, 6.07) is 1.68. The van der Waals surface area contributed by atoms with Crippen molar-refractivity contribution in [2.24, 2.45) is 0 Å². The fourth-order valence-corrected chi connectivity index (χ4v) is 2.02. The zero-order chi connectivity index (χ0) is 14.7. The fraction of sp³-hybridized carbons (Fsp3) is 0.818. The molecule has 1 aliphatic rings. The van der Waals surface area contributed by atoms with Crippen LogP contribution < -0.4 is 5.32 Å². The third-order valence-electron chi connectivity index (χ3n) is 3.17. The summed E-state index contributed by atoms with van der Waals surface area (Å²) in [5.74, 6) is -7.94. The number of rotatable bonds is 2. The molecule has 0 saturated heterocycles. The maximum absolute atomic E-state index is 12.8. The second kappa shape index (κ2) is 5.31. The molecule has 0 radical (unpaired) electrons. The number of hydrogen-bond donors (Lipinski definition) is 1. The molecule has 0 aromatic heterocycles. The van der Waals surface area contributed by atoms with Crippen LogP contribution in [0.1, 0.15) is 38.5 Å². The van der Waals surface area contributed by atoms with E-state index in [1.54, 1.807) is 11.4 Å². The predicted octanol–water partition coefficient (Wildman–Crippen LogP) is 2.92. The molecule has 0 aliphatic heterocycles. The van der Waals surface area contributed by atoms with Gasteiger partial charge in [0.05, 0.1) is 6.07 Å². The molecule has 0 unspecified atom stereocenters. The lowest BCUT2D eigenvalue weighted by Crippen LogP contribution is -2.57. The molecule has 0 aromatic rings. The molecule has 1 rings (SSSR count). The van der Waals surface area contributed by atoms with Gasteiger partial charge in [-0.05, 0) is 12.8 Å². The van der Waals surface area contributed by atoms with E-state index in [9.17, 15) is 26.7 Å². The van der Waals surface area contributed by atoms with Crippen LogP contribution in [-0.4, -0.2) is 23.5 Å². The molecule has 1 aliphatic carbocycles. The lowest BCUT2D eigenvalue weighted by molar-refractivity contribution is -0.270. The second-order valence-corrected chi connectivity index (χ2v) is 4.63. The Morgan fingerprint density at radius 2 is 1.53 bits per heavy atom. The first-order valence-corrected chi connectivity index (χ1v) is 5.83. The number of amides is 1. The summed E-state index contributed by atoms with van der Waals surface area (Å²) in [6.45, 7) is 0. The highest BCUT2D eigenvalue weighted by molar-refractivity contribution is 5.85. The fourth-order valence-electron chi connectivity index (χ4n) is 2.02. The monoisotopic (exact) mass is 284 g/mol. The minimum absolute atomic E-state index is 0.0865. The van der Waals surface area contributed by atoms with Crippen molar-refractivity contribution in [1.82, 2.24) is 5.32 Å². The summed E-state index contributed by atoms with van der Waals surface area (Å²) in [4.78, 5) is 11.1. The average molecular weight is 284 g/mol. The maximum Gasteiger partial charge on any atom is 0.463 e. The quantitative estimate of drug-likeness (QED) is 0.626. The van der Waals surface area contributed by atoms with E-state index in [0.717, 1.165) is 12.8 Å². The third-order valence-corrected chi connectivity index (χ3v) is 3.17. The zero-order valence-electron chi connectivity index (χ0n) is 9.99. The van der Waals surface area contributed by atoms with Gasteiger partial charge in [0.2, 0.25) is 0 Å². The molecule has 108 valence electrons. The number of carbonyl (C=O) groups excluding carboxylic acids is 1. The molecule has 0 atom stereocenters. The van der Waals surface area contributed by atoms with Gasteiger partial charge in [-0.3, -0.25) is 4.79 Å². The molecule has 0 bridgehead atoms. The summed E-state index contributed by atoms with van der Waals surface area (Å²) >= 11 is 0. The highest BCUT2D eigenvalue weighted by Gasteiger charge is 2.64. The average Bonchev–Trinajstić information content (AvgIpc) is 2.53. The minimum Gasteiger partial charge on any atom is -0.332 e. The minimum atomic E-state index is -5.96. The Morgan fingerprint density at radius 3 is 1.89 bits per heavy atom. The van der Waals surface area contributed by atoms with Crippen LogP contribution in [0.5, 0.6) is 0 Å². The van der Waals surface area contributed by atoms with E-state index in [0.29, 0.717) is 12.8 Å². The predicted molar refractivity (Wildman–Crippen MR) is 55.2 cm³/mol. The van der Waals surface area contributed by atoms with Crippen molar-refractivity contribution in [3.05, 3.63) is 0 Å². The van der Waals surface area contributed by atoms with E-state index in [4.69, 9.17) is 5.26 Å². The molecule has 8 heteroatoms. The van der Waals surface area contributed by atoms with E-state index < -0.39 is 23.5 Å². The van der Waals surface area contributed by atoms with E-state index in [2.05, 4.69) is 0 Å². The van der Waals surface area contributed by atoms with E-state index in [1.807, 2.05) is 0 Å². The Hall–Kier alpha value is -1.39. The lowest BCUT2D eigenvalue weighted by atomic mass is 9.91. The van der Waals surface area contributed by atoms with Crippen LogP contribution >= 0.6 is 0 Å². The topological polar surface area (TPSA) is 52.9 Å². The van der Waals surface area contributed by atoms with Gasteiger partial charge in [-0.15, -0.1) is 0 Å². The molecule has 0 heterocycles. The van der Waals surface area contributed by atoms with Crippen molar-refractivity contribution < 1.29 is 26.7 Å². The lowest BCUT2D eigenvalue weighted by Gasteiger charge is -2.29. The molecular formula is C11H13F5N2O. The van der Waals surface area contributed by atoms with Gasteiger partial charge in [0.15, 0.2) is 0 Å². The second-order valence-electron chi connectivity index (χ2n) is 4.63. The third kappa shape index (κ3) is 3.33. The largest absolute Gasteiger partial charge is 0.463 e. The van der Waals surface area contributed by atoms with Gasteiger partial charge in [-0.1, -0.05) is 25.7 Å². The Kier molecular flexibility index (Phi) is 4.38. The van der Waals surface area contributed by atoms with Crippen LogP contribution in [0, 0.1) is 11.3 Å². The van der Waals surface area contributed by atoms with Crippen LogP contribution in [0.3, 0.4) is 0 Å². The van der Waals surface area contributed by atoms with E-state index in [-0.39, 0.29) is 12.8 Å².